The number of amides is 1. The predicted molar refractivity (Wildman–Crippen MR) is 125 cm³/mol. The maximum atomic E-state index is 12.4. The van der Waals surface area contributed by atoms with E-state index in [-0.39, 0.29) is 30.6 Å². The second-order valence-electron chi connectivity index (χ2n) is 8.71. The third kappa shape index (κ3) is 3.77. The van der Waals surface area contributed by atoms with Crippen LogP contribution in [0.3, 0.4) is 0 Å². The number of likely N-dealkylation sites (tertiary alicyclic amines) is 1. The van der Waals surface area contributed by atoms with Gasteiger partial charge in [0.15, 0.2) is 5.82 Å². The van der Waals surface area contributed by atoms with Gasteiger partial charge in [-0.05, 0) is 67.0 Å². The lowest BCUT2D eigenvalue weighted by atomic mass is 10.0. The molecule has 0 bridgehead atoms. The van der Waals surface area contributed by atoms with E-state index in [1.54, 1.807) is 12.1 Å². The van der Waals surface area contributed by atoms with Crippen LogP contribution in [0.15, 0.2) is 36.4 Å². The van der Waals surface area contributed by atoms with E-state index in [2.05, 4.69) is 22.6 Å². The standard InChI is InChI=1S/C25H24N4O3S/c1-14(2)32-21-7-6-15(10-17(21)13-26)24-27-25(33-28-24)19-5-3-4-18-20(19)11-16-12-22(31)29(8-9-30)23(16)18/h3-7,10,14,16,23,30H,8-9,11-12H2,1-2H3/t16-,23+/m0/s1. The second kappa shape index (κ2) is 8.58. The van der Waals surface area contributed by atoms with Gasteiger partial charge >= 0.3 is 0 Å². The molecule has 168 valence electrons. The number of ether oxygens (including phenoxy) is 1. The molecule has 0 saturated carbocycles. The highest BCUT2D eigenvalue weighted by Crippen LogP contribution is 2.49. The maximum Gasteiger partial charge on any atom is 0.223 e. The average molecular weight is 461 g/mol. The van der Waals surface area contributed by atoms with Gasteiger partial charge in [0.1, 0.15) is 16.8 Å². The van der Waals surface area contributed by atoms with Crippen molar-refractivity contribution in [2.75, 3.05) is 13.2 Å². The first kappa shape index (κ1) is 21.6. The van der Waals surface area contributed by atoms with Crippen molar-refractivity contribution in [3.05, 3.63) is 53.1 Å². The van der Waals surface area contributed by atoms with Crippen LogP contribution in [0.1, 0.15) is 43.0 Å². The Kier molecular flexibility index (Phi) is 5.60. The monoisotopic (exact) mass is 460 g/mol. The fourth-order valence-corrected chi connectivity index (χ4v) is 5.71. The van der Waals surface area contributed by atoms with Crippen LogP contribution in [0, 0.1) is 17.2 Å². The predicted octanol–water partition coefficient (Wildman–Crippen LogP) is 3.97. The van der Waals surface area contributed by atoms with Crippen LogP contribution in [0.25, 0.3) is 22.0 Å². The summed E-state index contributed by atoms with van der Waals surface area (Å²) in [5.74, 6) is 1.49. The number of hydrogen-bond acceptors (Lipinski definition) is 7. The van der Waals surface area contributed by atoms with Crippen LogP contribution in [0.5, 0.6) is 5.75 Å². The highest BCUT2D eigenvalue weighted by molar-refractivity contribution is 7.09. The number of nitrogens with zero attached hydrogens (tertiary/aromatic N) is 4. The fraction of sp³-hybridized carbons (Fsp3) is 0.360. The third-order valence-electron chi connectivity index (χ3n) is 6.25. The summed E-state index contributed by atoms with van der Waals surface area (Å²) in [6.07, 6.45) is 1.32. The van der Waals surface area contributed by atoms with E-state index in [1.165, 1.54) is 17.1 Å². The Labute approximate surface area is 196 Å². The van der Waals surface area contributed by atoms with Crippen molar-refractivity contribution in [2.45, 2.75) is 38.8 Å². The zero-order valence-corrected chi connectivity index (χ0v) is 19.3. The molecule has 7 nitrogen and oxygen atoms in total. The largest absolute Gasteiger partial charge is 0.490 e. The SMILES string of the molecule is CC(C)Oc1ccc(-c2nsc(-c3cccc4c3C[C@H]3CC(=O)N(CCO)[C@@H]43)n2)cc1C#N. The number of carbonyl (C=O) groups excluding carboxylic acids is 1. The number of nitriles is 1. The molecule has 8 heteroatoms. The Morgan fingerprint density at radius 1 is 1.30 bits per heavy atom. The molecule has 5 rings (SSSR count). The van der Waals surface area contributed by atoms with E-state index in [1.807, 2.05) is 30.9 Å². The van der Waals surface area contributed by atoms with E-state index >= 15 is 0 Å². The lowest BCUT2D eigenvalue weighted by Crippen LogP contribution is -2.30. The van der Waals surface area contributed by atoms with Gasteiger partial charge in [0.05, 0.1) is 24.3 Å². The molecule has 1 fully saturated rings. The number of hydrogen-bond donors (Lipinski definition) is 1. The first-order valence-corrected chi connectivity index (χ1v) is 11.8. The van der Waals surface area contributed by atoms with Gasteiger partial charge in [0.25, 0.3) is 0 Å². The van der Waals surface area contributed by atoms with Crippen molar-refractivity contribution in [3.8, 4) is 33.8 Å². The fourth-order valence-electron chi connectivity index (χ4n) is 4.98. The molecule has 1 N–H and O–H groups in total. The molecule has 0 unspecified atom stereocenters. The van der Waals surface area contributed by atoms with Crippen LogP contribution in [0.4, 0.5) is 0 Å². The zero-order chi connectivity index (χ0) is 23.1. The number of β-amino-alcohol motifs (C(OH)–C–C–N with tert-alkyl or cyclic N) is 1. The molecule has 1 saturated heterocycles. The van der Waals surface area contributed by atoms with Gasteiger partial charge in [0, 0.05) is 24.1 Å². The molecule has 3 aromatic rings. The summed E-state index contributed by atoms with van der Waals surface area (Å²) in [4.78, 5) is 19.0. The van der Waals surface area contributed by atoms with Gasteiger partial charge < -0.3 is 14.7 Å². The highest BCUT2D eigenvalue weighted by atomic mass is 32.1. The Balaban J connectivity index is 1.48. The molecule has 1 aliphatic heterocycles. The second-order valence-corrected chi connectivity index (χ2v) is 9.46. The number of aromatic nitrogens is 2. The third-order valence-corrected chi connectivity index (χ3v) is 7.00. The Hall–Kier alpha value is -3.28. The van der Waals surface area contributed by atoms with E-state index in [0.717, 1.165) is 28.1 Å². The number of carbonyl (C=O) groups is 1. The number of fused-ring (bicyclic) bond motifs is 3. The molecule has 33 heavy (non-hydrogen) atoms. The molecular formula is C25H24N4O3S. The minimum atomic E-state index is -0.0323. The quantitative estimate of drug-likeness (QED) is 0.598. The first-order valence-electron chi connectivity index (χ1n) is 11.1. The number of aliphatic hydroxyl groups is 1. The lowest BCUT2D eigenvalue weighted by molar-refractivity contribution is -0.129. The van der Waals surface area contributed by atoms with Crippen LogP contribution < -0.4 is 4.74 Å². The van der Waals surface area contributed by atoms with Gasteiger partial charge in [-0.3, -0.25) is 4.79 Å². The average Bonchev–Trinajstić information content (AvgIpc) is 3.49. The Morgan fingerprint density at radius 2 is 2.15 bits per heavy atom. The highest BCUT2D eigenvalue weighted by Gasteiger charge is 2.46. The normalized spacial score (nSPS) is 19.0. The van der Waals surface area contributed by atoms with Gasteiger partial charge in [-0.1, -0.05) is 18.2 Å². The van der Waals surface area contributed by atoms with Crippen molar-refractivity contribution >= 4 is 17.4 Å². The number of benzene rings is 2. The van der Waals surface area contributed by atoms with E-state index < -0.39 is 0 Å². The van der Waals surface area contributed by atoms with Crippen molar-refractivity contribution in [2.24, 2.45) is 5.92 Å². The van der Waals surface area contributed by atoms with Gasteiger partial charge in [-0.25, -0.2) is 4.98 Å². The van der Waals surface area contributed by atoms with Crippen molar-refractivity contribution in [1.82, 2.24) is 14.3 Å². The molecule has 0 radical (unpaired) electrons. The molecular weight excluding hydrogens is 436 g/mol. The maximum absolute atomic E-state index is 12.4. The molecule has 1 amide bonds. The summed E-state index contributed by atoms with van der Waals surface area (Å²) < 4.78 is 10.3. The summed E-state index contributed by atoms with van der Waals surface area (Å²) in [5.41, 5.74) is 4.63. The van der Waals surface area contributed by atoms with Crippen molar-refractivity contribution < 1.29 is 14.6 Å². The smallest absolute Gasteiger partial charge is 0.223 e. The molecule has 0 spiro atoms. The van der Waals surface area contributed by atoms with Gasteiger partial charge in [-0.2, -0.15) is 9.64 Å². The molecule has 2 heterocycles. The lowest BCUT2D eigenvalue weighted by Gasteiger charge is -2.24. The van der Waals surface area contributed by atoms with Crippen LogP contribution in [-0.4, -0.2) is 44.5 Å². The van der Waals surface area contributed by atoms with Gasteiger partial charge in [0.2, 0.25) is 5.91 Å². The van der Waals surface area contributed by atoms with Crippen LogP contribution in [-0.2, 0) is 11.2 Å². The summed E-state index contributed by atoms with van der Waals surface area (Å²) in [6.45, 7) is 4.18. The van der Waals surface area contributed by atoms with E-state index in [9.17, 15) is 15.2 Å². The summed E-state index contributed by atoms with van der Waals surface area (Å²) in [5, 5.41) is 19.8. The Morgan fingerprint density at radius 3 is 2.91 bits per heavy atom. The van der Waals surface area contributed by atoms with Crippen molar-refractivity contribution in [1.29, 1.82) is 5.26 Å². The van der Waals surface area contributed by atoms with Crippen LogP contribution in [0.2, 0.25) is 0 Å². The summed E-state index contributed by atoms with van der Waals surface area (Å²) in [6, 6.07) is 13.8. The number of aliphatic hydroxyl groups excluding tert-OH is 1. The molecule has 2 aliphatic rings. The minimum absolute atomic E-state index is 0.0183. The summed E-state index contributed by atoms with van der Waals surface area (Å²) in [7, 11) is 0. The molecule has 2 atom stereocenters. The van der Waals surface area contributed by atoms with E-state index in [4.69, 9.17) is 9.72 Å². The molecule has 1 aliphatic carbocycles. The van der Waals surface area contributed by atoms with Crippen molar-refractivity contribution in [3.63, 3.8) is 0 Å². The number of rotatable bonds is 6. The van der Waals surface area contributed by atoms with Crippen LogP contribution >= 0.6 is 11.5 Å². The first-order chi connectivity index (χ1) is 16.0. The zero-order valence-electron chi connectivity index (χ0n) is 18.5. The summed E-state index contributed by atoms with van der Waals surface area (Å²) >= 11 is 1.34. The minimum Gasteiger partial charge on any atom is -0.490 e. The Bertz CT molecular complexity index is 1260. The molecule has 2 aromatic carbocycles. The topological polar surface area (TPSA) is 99.3 Å². The van der Waals surface area contributed by atoms with Gasteiger partial charge in [-0.15, -0.1) is 0 Å². The molecule has 1 aromatic heterocycles. The van der Waals surface area contributed by atoms with E-state index in [0.29, 0.717) is 30.1 Å².